The minimum absolute atomic E-state index is 0.0913. The summed E-state index contributed by atoms with van der Waals surface area (Å²) in [7, 11) is 0. The number of nitrogens with zero attached hydrogens (tertiary/aromatic N) is 6. The quantitative estimate of drug-likeness (QED) is 0.192. The van der Waals surface area contributed by atoms with Gasteiger partial charge in [0.05, 0.1) is 16.0 Å². The highest BCUT2D eigenvalue weighted by Gasteiger charge is 2.64. The Hall–Kier alpha value is -5.32. The number of nitriles is 1. The van der Waals surface area contributed by atoms with Crippen LogP contribution in [0.15, 0.2) is 65.5 Å². The molecule has 0 bridgehead atoms. The van der Waals surface area contributed by atoms with Crippen LogP contribution in [0, 0.1) is 28.1 Å². The van der Waals surface area contributed by atoms with Gasteiger partial charge in [0.2, 0.25) is 5.91 Å². The summed E-state index contributed by atoms with van der Waals surface area (Å²) >= 11 is 6.26. The predicted octanol–water partition coefficient (Wildman–Crippen LogP) is 6.00. The Morgan fingerprint density at radius 1 is 0.932 bits per heavy atom. The van der Waals surface area contributed by atoms with Gasteiger partial charge in [-0.2, -0.15) is 9.94 Å². The molecule has 1 aromatic heterocycles. The van der Waals surface area contributed by atoms with Crippen molar-refractivity contribution in [2.24, 2.45) is 16.7 Å². The van der Waals surface area contributed by atoms with Crippen LogP contribution in [0.2, 0.25) is 5.02 Å². The molecule has 14 heteroatoms. The first-order valence-corrected chi connectivity index (χ1v) is 21.1. The maximum Gasteiger partial charge on any atom is 0.278 e. The smallest absolute Gasteiger partial charge is 0.278 e. The van der Waals surface area contributed by atoms with Crippen LogP contribution in [0.5, 0.6) is 5.75 Å². The van der Waals surface area contributed by atoms with Crippen LogP contribution in [0.1, 0.15) is 99.7 Å². The summed E-state index contributed by atoms with van der Waals surface area (Å²) in [6, 6.07) is 20.0. The molecule has 0 spiro atoms. The van der Waals surface area contributed by atoms with Crippen LogP contribution in [-0.2, 0) is 9.59 Å². The van der Waals surface area contributed by atoms with E-state index in [1.807, 2.05) is 30.3 Å². The molecule has 2 N–H and O–H groups in total. The number of carbonyl (C=O) groups excluding carboxylic acids is 3. The molecule has 4 aliphatic rings. The van der Waals surface area contributed by atoms with Gasteiger partial charge in [-0.05, 0) is 105 Å². The van der Waals surface area contributed by atoms with Crippen molar-refractivity contribution < 1.29 is 19.1 Å². The maximum absolute atomic E-state index is 13.5. The van der Waals surface area contributed by atoms with Crippen LogP contribution >= 0.6 is 11.6 Å². The molecule has 4 aromatic rings. The van der Waals surface area contributed by atoms with E-state index in [2.05, 4.69) is 76.6 Å². The Morgan fingerprint density at radius 3 is 2.31 bits per heavy atom. The lowest BCUT2D eigenvalue weighted by atomic mass is 9.49. The number of amides is 3. The fourth-order valence-corrected chi connectivity index (χ4v) is 10.5. The Morgan fingerprint density at radius 2 is 1.64 bits per heavy atom. The van der Waals surface area contributed by atoms with Gasteiger partial charge in [-0.3, -0.25) is 24.5 Å². The van der Waals surface area contributed by atoms with Crippen molar-refractivity contribution in [3.63, 3.8) is 0 Å². The molecule has 8 rings (SSSR count). The molecule has 3 saturated heterocycles. The molecule has 13 nitrogen and oxygen atoms in total. The molecule has 59 heavy (non-hydrogen) atoms. The van der Waals surface area contributed by atoms with Crippen molar-refractivity contribution in [3.8, 4) is 11.8 Å². The van der Waals surface area contributed by atoms with Crippen molar-refractivity contribution in [2.45, 2.75) is 90.3 Å². The summed E-state index contributed by atoms with van der Waals surface area (Å²) in [4.78, 5) is 55.9. The summed E-state index contributed by atoms with van der Waals surface area (Å²) in [5, 5.41) is 23.8. The number of rotatable bonds is 9. The van der Waals surface area contributed by atoms with Gasteiger partial charge in [-0.25, -0.2) is 0 Å². The number of hydrogen-bond acceptors (Lipinski definition) is 10. The van der Waals surface area contributed by atoms with Gasteiger partial charge in [0.15, 0.2) is 0 Å². The number of carbonyl (C=O) groups is 3. The zero-order valence-corrected chi connectivity index (χ0v) is 34.8. The number of hydrogen-bond donors (Lipinski definition) is 2. The van der Waals surface area contributed by atoms with Gasteiger partial charge in [0.1, 0.15) is 29.5 Å². The second-order valence-electron chi connectivity index (χ2n) is 17.9. The summed E-state index contributed by atoms with van der Waals surface area (Å²) in [6.07, 6.45) is 4.49. The maximum atomic E-state index is 13.5. The highest BCUT2D eigenvalue weighted by molar-refractivity contribution is 6.31. The van der Waals surface area contributed by atoms with E-state index in [-0.39, 0.29) is 53.2 Å². The normalized spacial score (nSPS) is 23.6. The fraction of sp³-hybridized carbons (Fsp3) is 0.489. The van der Waals surface area contributed by atoms with Gasteiger partial charge < -0.3 is 19.9 Å². The van der Waals surface area contributed by atoms with Crippen molar-refractivity contribution >= 4 is 45.9 Å². The number of imide groups is 1. The van der Waals surface area contributed by atoms with Crippen LogP contribution < -0.4 is 25.8 Å². The largest absolute Gasteiger partial charge is 0.489 e. The van der Waals surface area contributed by atoms with Crippen LogP contribution in [0.4, 0.5) is 5.69 Å². The first-order valence-electron chi connectivity index (χ1n) is 20.7. The number of ether oxygens (including phenoxy) is 1. The van der Waals surface area contributed by atoms with E-state index in [1.54, 1.807) is 18.2 Å². The van der Waals surface area contributed by atoms with E-state index in [4.69, 9.17) is 16.3 Å². The van der Waals surface area contributed by atoms with Gasteiger partial charge in [0.25, 0.3) is 17.4 Å². The average Bonchev–Trinajstić information content (AvgIpc) is 3.23. The third-order valence-corrected chi connectivity index (χ3v) is 13.6. The summed E-state index contributed by atoms with van der Waals surface area (Å²) in [6.45, 7) is 13.4. The molecule has 308 valence electrons. The van der Waals surface area contributed by atoms with E-state index in [0.29, 0.717) is 44.6 Å². The molecule has 4 heterocycles. The third kappa shape index (κ3) is 7.92. The first-order chi connectivity index (χ1) is 28.2. The Labute approximate surface area is 349 Å². The number of nitrogens with one attached hydrogen (secondary N) is 2. The Balaban J connectivity index is 0.802. The number of piperidine rings is 3. The molecule has 1 saturated carbocycles. The summed E-state index contributed by atoms with van der Waals surface area (Å²) in [5.41, 5.74) is 2.71. The van der Waals surface area contributed by atoms with Gasteiger partial charge in [-0.1, -0.05) is 56.6 Å². The van der Waals surface area contributed by atoms with Crippen LogP contribution in [0.3, 0.4) is 0 Å². The zero-order chi connectivity index (χ0) is 41.6. The van der Waals surface area contributed by atoms with Crippen molar-refractivity contribution in [2.75, 3.05) is 37.6 Å². The summed E-state index contributed by atoms with van der Waals surface area (Å²) < 4.78 is 7.50. The van der Waals surface area contributed by atoms with Gasteiger partial charge in [-0.15, -0.1) is 5.10 Å². The number of anilines is 1. The van der Waals surface area contributed by atoms with E-state index in [0.717, 1.165) is 68.8 Å². The molecular weight excluding hydrogens is 768 g/mol. The standard InChI is InChI=1S/C45H51ClN8O5/c1-44(2)42(45(3,4)43(44)59-33-11-9-31(25-47)35(46)24-33)49-39(56)30-7-5-28(6-8-30)29-17-19-52(20-18-29)26-27-15-21-53(22-16-27)32-10-12-36-34(23-32)41(58)54(51-50-36)37-13-14-38(55)48-40(37)57/h5-12,23-24,27,29,37,42-43H,13-22,26H2,1-4H3,(H,49,56)(H,48,55,57). The molecule has 1 atom stereocenters. The third-order valence-electron chi connectivity index (χ3n) is 13.3. The number of likely N-dealkylation sites (tertiary alicyclic amines) is 1. The lowest BCUT2D eigenvalue weighted by Gasteiger charge is -2.63. The van der Waals surface area contributed by atoms with Gasteiger partial charge >= 0.3 is 0 Å². The SMILES string of the molecule is CC1(C)C(NC(=O)c2ccc(C3CCN(CC4CCN(c5ccc6nnn(C7CCC(=O)NC7=O)c(=O)c6c5)CC4)CC3)cc2)C(C)(C)C1Oc1ccc(C#N)c(Cl)c1. The lowest BCUT2D eigenvalue weighted by molar-refractivity contribution is -0.164. The lowest BCUT2D eigenvalue weighted by Crippen LogP contribution is -2.74. The molecule has 1 unspecified atom stereocenters. The zero-order valence-electron chi connectivity index (χ0n) is 34.0. The van der Waals surface area contributed by atoms with Crippen molar-refractivity contribution in [1.29, 1.82) is 5.26 Å². The molecule has 3 aromatic carbocycles. The molecular formula is C45H51ClN8O5. The second kappa shape index (κ2) is 16.0. The topological polar surface area (TPSA) is 163 Å². The summed E-state index contributed by atoms with van der Waals surface area (Å²) in [5.74, 6) is 0.701. The van der Waals surface area contributed by atoms with Crippen molar-refractivity contribution in [1.82, 2.24) is 30.5 Å². The average molecular weight is 819 g/mol. The molecule has 3 amide bonds. The Kier molecular flexibility index (Phi) is 11.0. The second-order valence-corrected chi connectivity index (χ2v) is 18.3. The number of fused-ring (bicyclic) bond motifs is 1. The Bertz CT molecular complexity index is 2360. The minimum Gasteiger partial charge on any atom is -0.489 e. The molecule has 1 aliphatic carbocycles. The minimum atomic E-state index is -0.848. The molecule has 3 aliphatic heterocycles. The van der Waals surface area contributed by atoms with E-state index in [9.17, 15) is 24.4 Å². The molecule has 4 fully saturated rings. The van der Waals surface area contributed by atoms with Crippen LogP contribution in [0.25, 0.3) is 10.9 Å². The number of aromatic nitrogens is 3. The predicted molar refractivity (Wildman–Crippen MR) is 224 cm³/mol. The first kappa shape index (κ1) is 40.5. The highest BCUT2D eigenvalue weighted by Crippen LogP contribution is 2.55. The number of halogens is 1. The fourth-order valence-electron chi connectivity index (χ4n) is 10.3. The molecule has 0 radical (unpaired) electrons. The van der Waals surface area contributed by atoms with Crippen LogP contribution in [-0.4, -0.2) is 82.5 Å². The van der Waals surface area contributed by atoms with Gasteiger partial charge in [0, 0.05) is 60.2 Å². The van der Waals surface area contributed by atoms with Crippen molar-refractivity contribution in [3.05, 3.63) is 92.7 Å². The van der Waals surface area contributed by atoms with E-state index in [1.165, 1.54) is 5.56 Å². The monoisotopic (exact) mass is 818 g/mol. The van der Waals surface area contributed by atoms with E-state index < -0.39 is 11.9 Å². The number of benzene rings is 3. The highest BCUT2D eigenvalue weighted by atomic mass is 35.5. The van der Waals surface area contributed by atoms with E-state index >= 15 is 0 Å².